The normalized spacial score (nSPS) is 15.6. The maximum atomic E-state index is 14.5. The highest BCUT2D eigenvalue weighted by Crippen LogP contribution is 2.40. The van der Waals surface area contributed by atoms with Crippen molar-refractivity contribution >= 4 is 22.7 Å². The SMILES string of the molecule is COC(=O)c1cccc2c1c1c(n2Cc2ccccc2F)CC(c2ccccc2)CC1=O. The minimum Gasteiger partial charge on any atom is -0.465 e. The fraction of sp³-hybridized carbons (Fsp3) is 0.185. The van der Waals surface area contributed by atoms with Gasteiger partial charge in [-0.15, -0.1) is 0 Å². The van der Waals surface area contributed by atoms with Gasteiger partial charge in [0.05, 0.1) is 24.7 Å². The Morgan fingerprint density at radius 2 is 1.75 bits per heavy atom. The monoisotopic (exact) mass is 427 g/mol. The number of hydrogen-bond acceptors (Lipinski definition) is 3. The van der Waals surface area contributed by atoms with Crippen LogP contribution in [0.3, 0.4) is 0 Å². The zero-order valence-electron chi connectivity index (χ0n) is 17.7. The average molecular weight is 427 g/mol. The number of fused-ring (bicyclic) bond motifs is 3. The van der Waals surface area contributed by atoms with Gasteiger partial charge in [-0.3, -0.25) is 4.79 Å². The summed E-state index contributed by atoms with van der Waals surface area (Å²) in [4.78, 5) is 26.0. The Bertz CT molecular complexity index is 1340. The van der Waals surface area contributed by atoms with Crippen LogP contribution in [0, 0.1) is 5.82 Å². The number of carbonyl (C=O) groups is 2. The Balaban J connectivity index is 1.74. The molecule has 0 saturated carbocycles. The number of hydrogen-bond donors (Lipinski definition) is 0. The first kappa shape index (κ1) is 20.2. The number of nitrogens with zero attached hydrogens (tertiary/aromatic N) is 1. The van der Waals surface area contributed by atoms with E-state index in [0.717, 1.165) is 16.8 Å². The molecule has 5 rings (SSSR count). The first-order chi connectivity index (χ1) is 15.6. The summed E-state index contributed by atoms with van der Waals surface area (Å²) in [7, 11) is 1.33. The Hall–Kier alpha value is -3.73. The van der Waals surface area contributed by atoms with Gasteiger partial charge in [0.25, 0.3) is 0 Å². The van der Waals surface area contributed by atoms with E-state index in [9.17, 15) is 14.0 Å². The second kappa shape index (κ2) is 8.08. The van der Waals surface area contributed by atoms with Gasteiger partial charge in [-0.05, 0) is 36.1 Å². The van der Waals surface area contributed by atoms with Crippen molar-refractivity contribution in [1.82, 2.24) is 4.57 Å². The number of esters is 1. The molecule has 0 N–H and O–H groups in total. The Labute approximate surface area is 185 Å². The molecule has 1 unspecified atom stereocenters. The van der Waals surface area contributed by atoms with Crippen LogP contribution in [0.1, 0.15) is 49.9 Å². The highest BCUT2D eigenvalue weighted by atomic mass is 19.1. The molecule has 3 aromatic carbocycles. The van der Waals surface area contributed by atoms with Gasteiger partial charge in [-0.2, -0.15) is 0 Å². The van der Waals surface area contributed by atoms with E-state index in [0.29, 0.717) is 34.9 Å². The first-order valence-electron chi connectivity index (χ1n) is 10.6. The smallest absolute Gasteiger partial charge is 0.338 e. The largest absolute Gasteiger partial charge is 0.465 e. The predicted octanol–water partition coefficient (Wildman–Crippen LogP) is 5.53. The molecule has 1 aliphatic carbocycles. The van der Waals surface area contributed by atoms with Gasteiger partial charge in [-0.1, -0.05) is 54.6 Å². The number of methoxy groups -OCH3 is 1. The molecule has 4 nitrogen and oxygen atoms in total. The van der Waals surface area contributed by atoms with E-state index in [2.05, 4.69) is 0 Å². The minimum atomic E-state index is -0.487. The van der Waals surface area contributed by atoms with E-state index in [1.165, 1.54) is 13.2 Å². The first-order valence-corrected chi connectivity index (χ1v) is 10.6. The van der Waals surface area contributed by atoms with E-state index in [1.54, 1.807) is 30.3 Å². The standard InChI is InChI=1S/C27H22FNO3/c1-32-27(31)20-11-7-13-22-25(20)26-23(29(22)16-18-10-5-6-12-21(18)28)14-19(15-24(26)30)17-8-3-2-4-9-17/h2-13,19H,14-16H2,1H3. The number of benzene rings is 3. The molecular weight excluding hydrogens is 405 g/mol. The number of carbonyl (C=O) groups excluding carboxylic acids is 2. The lowest BCUT2D eigenvalue weighted by Crippen LogP contribution is -2.21. The van der Waals surface area contributed by atoms with Gasteiger partial charge in [0, 0.05) is 28.6 Å². The predicted molar refractivity (Wildman–Crippen MR) is 121 cm³/mol. The highest BCUT2D eigenvalue weighted by molar-refractivity contribution is 6.16. The summed E-state index contributed by atoms with van der Waals surface area (Å²) in [6.45, 7) is 0.276. The van der Waals surface area contributed by atoms with E-state index >= 15 is 0 Å². The van der Waals surface area contributed by atoms with Crippen LogP contribution >= 0.6 is 0 Å². The highest BCUT2D eigenvalue weighted by Gasteiger charge is 2.34. The molecule has 0 spiro atoms. The van der Waals surface area contributed by atoms with Gasteiger partial charge in [-0.25, -0.2) is 9.18 Å². The van der Waals surface area contributed by atoms with Crippen LogP contribution in [0.25, 0.3) is 10.9 Å². The molecule has 0 bridgehead atoms. The summed E-state index contributed by atoms with van der Waals surface area (Å²) >= 11 is 0. The molecule has 1 atom stereocenters. The third kappa shape index (κ3) is 3.30. The van der Waals surface area contributed by atoms with Gasteiger partial charge in [0.15, 0.2) is 5.78 Å². The van der Waals surface area contributed by atoms with Crippen molar-refractivity contribution in [3.05, 3.63) is 107 Å². The van der Waals surface area contributed by atoms with Crippen LogP contribution in [-0.2, 0) is 17.7 Å². The van der Waals surface area contributed by atoms with Gasteiger partial charge < -0.3 is 9.30 Å². The summed E-state index contributed by atoms with van der Waals surface area (Å²) in [5.41, 5.74) is 4.13. The zero-order chi connectivity index (χ0) is 22.2. The minimum absolute atomic E-state index is 0.00580. The molecule has 0 aliphatic heterocycles. The molecule has 160 valence electrons. The number of rotatable bonds is 4. The second-order valence-corrected chi connectivity index (χ2v) is 8.13. The summed E-state index contributed by atoms with van der Waals surface area (Å²) < 4.78 is 21.5. The van der Waals surface area contributed by atoms with Crippen LogP contribution in [0.15, 0.2) is 72.8 Å². The van der Waals surface area contributed by atoms with E-state index < -0.39 is 5.97 Å². The Morgan fingerprint density at radius 3 is 2.50 bits per heavy atom. The van der Waals surface area contributed by atoms with Gasteiger partial charge in [0.1, 0.15) is 5.82 Å². The number of halogens is 1. The molecule has 1 aromatic heterocycles. The number of Topliss-reactive ketones (excluding diaryl/α,β-unsaturated/α-hetero) is 1. The van der Waals surface area contributed by atoms with Crippen molar-refractivity contribution < 1.29 is 18.7 Å². The summed E-state index contributed by atoms with van der Waals surface area (Å²) in [6, 6.07) is 21.9. The number of ether oxygens (including phenoxy) is 1. The lowest BCUT2D eigenvalue weighted by molar-refractivity contribution is 0.0603. The Morgan fingerprint density at radius 1 is 1.00 bits per heavy atom. The molecule has 0 fully saturated rings. The van der Waals surface area contributed by atoms with Crippen LogP contribution < -0.4 is 0 Å². The molecule has 32 heavy (non-hydrogen) atoms. The fourth-order valence-electron chi connectivity index (χ4n) is 4.82. The van der Waals surface area contributed by atoms with Crippen molar-refractivity contribution in [2.45, 2.75) is 25.3 Å². The molecule has 4 aromatic rings. The van der Waals surface area contributed by atoms with Crippen LogP contribution in [0.5, 0.6) is 0 Å². The molecule has 0 radical (unpaired) electrons. The molecular formula is C27H22FNO3. The van der Waals surface area contributed by atoms with E-state index in [-0.39, 0.29) is 24.1 Å². The van der Waals surface area contributed by atoms with Gasteiger partial charge >= 0.3 is 5.97 Å². The lowest BCUT2D eigenvalue weighted by atomic mass is 9.81. The molecule has 0 amide bonds. The molecule has 1 aliphatic rings. The number of aromatic nitrogens is 1. The third-order valence-corrected chi connectivity index (χ3v) is 6.31. The van der Waals surface area contributed by atoms with Crippen molar-refractivity contribution in [3.63, 3.8) is 0 Å². The average Bonchev–Trinajstić information content (AvgIpc) is 3.14. The lowest BCUT2D eigenvalue weighted by Gasteiger charge is -2.24. The van der Waals surface area contributed by atoms with Crippen molar-refractivity contribution in [1.29, 1.82) is 0 Å². The summed E-state index contributed by atoms with van der Waals surface area (Å²) in [6.07, 6.45) is 1.00. The van der Waals surface area contributed by atoms with Crippen molar-refractivity contribution in [2.24, 2.45) is 0 Å². The van der Waals surface area contributed by atoms with E-state index in [4.69, 9.17) is 4.74 Å². The number of ketones is 1. The maximum Gasteiger partial charge on any atom is 0.338 e. The van der Waals surface area contributed by atoms with E-state index in [1.807, 2.05) is 41.0 Å². The molecule has 1 heterocycles. The quantitative estimate of drug-likeness (QED) is 0.403. The van der Waals surface area contributed by atoms with Crippen LogP contribution in [-0.4, -0.2) is 23.4 Å². The van der Waals surface area contributed by atoms with Crippen LogP contribution in [0.2, 0.25) is 0 Å². The zero-order valence-corrected chi connectivity index (χ0v) is 17.7. The molecule has 5 heteroatoms. The Kier molecular flexibility index (Phi) is 5.10. The third-order valence-electron chi connectivity index (χ3n) is 6.31. The van der Waals surface area contributed by atoms with Crippen molar-refractivity contribution in [3.8, 4) is 0 Å². The maximum absolute atomic E-state index is 14.5. The fourth-order valence-corrected chi connectivity index (χ4v) is 4.82. The summed E-state index contributed by atoms with van der Waals surface area (Å²) in [5, 5.41) is 0.599. The molecule has 0 saturated heterocycles. The van der Waals surface area contributed by atoms with Gasteiger partial charge in [0.2, 0.25) is 0 Å². The second-order valence-electron chi connectivity index (χ2n) is 8.13. The topological polar surface area (TPSA) is 48.3 Å². The van der Waals surface area contributed by atoms with Crippen molar-refractivity contribution in [2.75, 3.05) is 7.11 Å². The van der Waals surface area contributed by atoms with Crippen LogP contribution in [0.4, 0.5) is 4.39 Å². The summed E-state index contributed by atoms with van der Waals surface area (Å²) in [5.74, 6) is -0.761.